The minimum absolute atomic E-state index is 0.202. The summed E-state index contributed by atoms with van der Waals surface area (Å²) >= 11 is 1.92. The van der Waals surface area contributed by atoms with Crippen molar-refractivity contribution in [2.75, 3.05) is 6.61 Å². The highest BCUT2D eigenvalue weighted by Gasteiger charge is 2.09. The van der Waals surface area contributed by atoms with Crippen molar-refractivity contribution in [1.82, 2.24) is 3.53 Å². The number of carbonyl (C=O) groups excluding carboxylic acids is 1. The fourth-order valence-electron chi connectivity index (χ4n) is 0.312. The lowest BCUT2D eigenvalue weighted by atomic mass is 10.4. The van der Waals surface area contributed by atoms with Crippen LogP contribution < -0.4 is 3.53 Å². The molecular formula is C5H10INO2. The molecule has 0 aromatic rings. The smallest absolute Gasteiger partial charge is 0.323 e. The summed E-state index contributed by atoms with van der Waals surface area (Å²) in [5.74, 6) is -0.202. The van der Waals surface area contributed by atoms with Crippen molar-refractivity contribution in [3.8, 4) is 0 Å². The average Bonchev–Trinajstić information content (AvgIpc) is 1.87. The fraction of sp³-hybridized carbons (Fsp3) is 0.800. The third-order valence-corrected chi connectivity index (χ3v) is 1.74. The molecule has 1 atom stereocenters. The number of halogens is 1. The lowest BCUT2D eigenvalue weighted by Gasteiger charge is -2.06. The van der Waals surface area contributed by atoms with Crippen molar-refractivity contribution >= 4 is 28.8 Å². The maximum absolute atomic E-state index is 10.7. The molecule has 4 heteroatoms. The lowest BCUT2D eigenvalue weighted by molar-refractivity contribution is -0.144. The van der Waals surface area contributed by atoms with Crippen LogP contribution >= 0.6 is 22.9 Å². The van der Waals surface area contributed by atoms with E-state index in [1.54, 1.807) is 13.8 Å². The number of hydrogen-bond donors (Lipinski definition) is 1. The van der Waals surface area contributed by atoms with E-state index >= 15 is 0 Å². The molecule has 54 valence electrons. The van der Waals surface area contributed by atoms with Gasteiger partial charge in [-0.2, -0.15) is 0 Å². The van der Waals surface area contributed by atoms with Gasteiger partial charge in [0, 0.05) is 22.9 Å². The molecule has 9 heavy (non-hydrogen) atoms. The average molecular weight is 243 g/mol. The molecule has 0 radical (unpaired) electrons. The normalized spacial score (nSPS) is 12.8. The molecule has 0 aliphatic heterocycles. The summed E-state index contributed by atoms with van der Waals surface area (Å²) in [5.41, 5.74) is 0. The lowest BCUT2D eigenvalue weighted by Crippen LogP contribution is -2.28. The van der Waals surface area contributed by atoms with E-state index in [0.29, 0.717) is 6.61 Å². The molecule has 1 unspecified atom stereocenters. The Morgan fingerprint density at radius 2 is 2.44 bits per heavy atom. The van der Waals surface area contributed by atoms with Gasteiger partial charge in [-0.15, -0.1) is 0 Å². The van der Waals surface area contributed by atoms with Gasteiger partial charge in [-0.3, -0.25) is 4.79 Å². The topological polar surface area (TPSA) is 38.3 Å². The van der Waals surface area contributed by atoms with Crippen molar-refractivity contribution in [3.05, 3.63) is 0 Å². The van der Waals surface area contributed by atoms with Crippen LogP contribution in [0.1, 0.15) is 13.8 Å². The molecule has 0 spiro atoms. The predicted octanol–water partition coefficient (Wildman–Crippen LogP) is 0.878. The van der Waals surface area contributed by atoms with E-state index in [4.69, 9.17) is 0 Å². The summed E-state index contributed by atoms with van der Waals surface area (Å²) in [6.07, 6.45) is 0. The third-order valence-electron chi connectivity index (χ3n) is 0.804. The van der Waals surface area contributed by atoms with Gasteiger partial charge in [0.15, 0.2) is 0 Å². The van der Waals surface area contributed by atoms with E-state index in [1.807, 2.05) is 22.9 Å². The van der Waals surface area contributed by atoms with Crippen LogP contribution in [0.15, 0.2) is 0 Å². The molecule has 0 rings (SSSR count). The van der Waals surface area contributed by atoms with Crippen molar-refractivity contribution in [2.45, 2.75) is 19.9 Å². The molecule has 0 amide bonds. The second-order valence-corrected chi connectivity index (χ2v) is 2.21. The molecule has 0 aromatic carbocycles. The summed E-state index contributed by atoms with van der Waals surface area (Å²) in [6, 6.07) is -0.203. The third kappa shape index (κ3) is 3.69. The molecule has 1 N–H and O–H groups in total. The summed E-state index contributed by atoms with van der Waals surface area (Å²) < 4.78 is 7.43. The quantitative estimate of drug-likeness (QED) is 0.454. The van der Waals surface area contributed by atoms with Crippen LogP contribution in [0.2, 0.25) is 0 Å². The van der Waals surface area contributed by atoms with Crippen molar-refractivity contribution < 1.29 is 9.53 Å². The van der Waals surface area contributed by atoms with Crippen LogP contribution in [0.4, 0.5) is 0 Å². The van der Waals surface area contributed by atoms with Gasteiger partial charge in [0.1, 0.15) is 6.04 Å². The molecule has 0 aromatic heterocycles. The van der Waals surface area contributed by atoms with Crippen LogP contribution in [0, 0.1) is 0 Å². The van der Waals surface area contributed by atoms with E-state index < -0.39 is 0 Å². The van der Waals surface area contributed by atoms with Gasteiger partial charge < -0.3 is 4.74 Å². The minimum atomic E-state index is -0.203. The molecular weight excluding hydrogens is 233 g/mol. The number of ether oxygens (including phenoxy) is 1. The largest absolute Gasteiger partial charge is 0.465 e. The standard InChI is InChI=1S/C5H10INO2/c1-3-9-5(8)4(2)7-6/h4,7H,3H2,1-2H3. The Hall–Kier alpha value is 0.160. The van der Waals surface area contributed by atoms with Crippen molar-refractivity contribution in [1.29, 1.82) is 0 Å². The maximum atomic E-state index is 10.7. The van der Waals surface area contributed by atoms with Crippen LogP contribution in [0.25, 0.3) is 0 Å². The van der Waals surface area contributed by atoms with Crippen LogP contribution in [-0.2, 0) is 9.53 Å². The maximum Gasteiger partial charge on any atom is 0.323 e. The van der Waals surface area contributed by atoms with Gasteiger partial charge in [-0.05, 0) is 13.8 Å². The molecule has 0 saturated carbocycles. The molecule has 0 heterocycles. The first kappa shape index (κ1) is 9.16. The highest BCUT2D eigenvalue weighted by Crippen LogP contribution is 1.89. The van der Waals surface area contributed by atoms with Gasteiger partial charge in [0.25, 0.3) is 0 Å². The number of hydrogen-bond acceptors (Lipinski definition) is 3. The van der Waals surface area contributed by atoms with E-state index in [-0.39, 0.29) is 12.0 Å². The summed E-state index contributed by atoms with van der Waals surface area (Å²) in [5, 5.41) is 0. The SMILES string of the molecule is CCOC(=O)C(C)NI. The number of carbonyl (C=O) groups is 1. The van der Waals surface area contributed by atoms with E-state index in [1.165, 1.54) is 0 Å². The highest BCUT2D eigenvalue weighted by atomic mass is 127. The van der Waals surface area contributed by atoms with E-state index in [9.17, 15) is 4.79 Å². The van der Waals surface area contributed by atoms with E-state index in [2.05, 4.69) is 8.27 Å². The van der Waals surface area contributed by atoms with Gasteiger partial charge in [0.05, 0.1) is 6.61 Å². The van der Waals surface area contributed by atoms with Crippen LogP contribution in [-0.4, -0.2) is 18.6 Å². The number of rotatable bonds is 3. The van der Waals surface area contributed by atoms with Gasteiger partial charge >= 0.3 is 5.97 Å². The summed E-state index contributed by atoms with van der Waals surface area (Å²) in [4.78, 5) is 10.7. The molecule has 0 bridgehead atoms. The minimum Gasteiger partial charge on any atom is -0.465 e. The number of esters is 1. The van der Waals surface area contributed by atoms with Gasteiger partial charge in [-0.1, -0.05) is 0 Å². The fourth-order valence-corrected chi connectivity index (χ4v) is 0.566. The first-order chi connectivity index (χ1) is 4.22. The van der Waals surface area contributed by atoms with Gasteiger partial charge in [-0.25, -0.2) is 3.53 Å². The first-order valence-electron chi connectivity index (χ1n) is 2.75. The second-order valence-electron chi connectivity index (χ2n) is 1.58. The van der Waals surface area contributed by atoms with Gasteiger partial charge in [0.2, 0.25) is 0 Å². The zero-order chi connectivity index (χ0) is 7.28. The van der Waals surface area contributed by atoms with Crippen LogP contribution in [0.3, 0.4) is 0 Å². The molecule has 0 aliphatic rings. The monoisotopic (exact) mass is 243 g/mol. The van der Waals surface area contributed by atoms with Crippen molar-refractivity contribution in [3.63, 3.8) is 0 Å². The zero-order valence-electron chi connectivity index (χ0n) is 5.48. The molecule has 0 saturated heterocycles. The summed E-state index contributed by atoms with van der Waals surface area (Å²) in [6.45, 7) is 3.99. The second kappa shape index (κ2) is 4.99. The molecule has 3 nitrogen and oxygen atoms in total. The first-order valence-corrected chi connectivity index (χ1v) is 3.83. The number of nitrogens with one attached hydrogen (secondary N) is 1. The Bertz CT molecular complexity index is 97.0. The molecule has 0 aliphatic carbocycles. The summed E-state index contributed by atoms with van der Waals surface area (Å²) in [7, 11) is 0. The predicted molar refractivity (Wildman–Crippen MR) is 43.3 cm³/mol. The Kier molecular flexibility index (Phi) is 5.07. The highest BCUT2D eigenvalue weighted by molar-refractivity contribution is 14.1. The van der Waals surface area contributed by atoms with Crippen LogP contribution in [0.5, 0.6) is 0 Å². The Morgan fingerprint density at radius 3 is 2.78 bits per heavy atom. The Labute approximate surface area is 68.6 Å². The zero-order valence-corrected chi connectivity index (χ0v) is 7.64. The molecule has 0 fully saturated rings. The Balaban J connectivity index is 3.46. The van der Waals surface area contributed by atoms with Crippen molar-refractivity contribution in [2.24, 2.45) is 0 Å². The Morgan fingerprint density at radius 1 is 1.89 bits per heavy atom. The van der Waals surface area contributed by atoms with E-state index in [0.717, 1.165) is 0 Å².